The van der Waals surface area contributed by atoms with Gasteiger partial charge >= 0.3 is 6.29 Å². The van der Waals surface area contributed by atoms with E-state index in [1.165, 1.54) is 25.1 Å². The number of hydrogen-bond donors (Lipinski definition) is 2. The Kier molecular flexibility index (Phi) is 4.21. The van der Waals surface area contributed by atoms with Crippen LogP contribution in [0.25, 0.3) is 0 Å². The number of aromatic nitrogens is 1. The molecule has 0 saturated carbocycles. The number of hydrogen-bond acceptors (Lipinski definition) is 5. The van der Waals surface area contributed by atoms with Crippen molar-refractivity contribution in [1.82, 2.24) is 4.98 Å². The van der Waals surface area contributed by atoms with Gasteiger partial charge in [-0.05, 0) is 45.4 Å². The predicted octanol–water partition coefficient (Wildman–Crippen LogP) is 3.84. The van der Waals surface area contributed by atoms with Gasteiger partial charge in [-0.15, -0.1) is 8.78 Å². The van der Waals surface area contributed by atoms with Crippen molar-refractivity contribution in [1.29, 1.82) is 0 Å². The molecule has 8 heteroatoms. The van der Waals surface area contributed by atoms with Gasteiger partial charge in [0.1, 0.15) is 0 Å². The lowest BCUT2D eigenvalue weighted by molar-refractivity contribution is -0.286. The standard InChI is InChI=1S/C18H18F2N2O4/c1-8-15(11(4)23)9(2)22-16(8)17(24)10(3)21-12-5-6-13-14(7-12)26-18(19,20)25-13/h5-7,10,21-22H,1-4H3/t10-/m1/s1. The summed E-state index contributed by atoms with van der Waals surface area (Å²) < 4.78 is 34.9. The molecule has 0 radical (unpaired) electrons. The number of H-pyrrole nitrogens is 1. The number of carbonyl (C=O) groups excluding carboxylic acids is 2. The minimum Gasteiger partial charge on any atom is -0.395 e. The third kappa shape index (κ3) is 3.14. The van der Waals surface area contributed by atoms with Crippen LogP contribution < -0.4 is 14.8 Å². The molecule has 0 spiro atoms. The smallest absolute Gasteiger partial charge is 0.395 e. The first-order valence-corrected chi connectivity index (χ1v) is 8.00. The molecule has 1 aliphatic rings. The lowest BCUT2D eigenvalue weighted by Gasteiger charge is -2.14. The zero-order valence-corrected chi connectivity index (χ0v) is 14.7. The molecule has 1 aromatic heterocycles. The molecule has 1 atom stereocenters. The van der Waals surface area contributed by atoms with Gasteiger partial charge in [-0.1, -0.05) is 0 Å². The fraction of sp³-hybridized carbons (Fsp3) is 0.333. The molecule has 3 rings (SSSR count). The van der Waals surface area contributed by atoms with E-state index in [4.69, 9.17) is 0 Å². The van der Waals surface area contributed by atoms with Crippen LogP contribution in [-0.2, 0) is 0 Å². The average Bonchev–Trinajstić information content (AvgIpc) is 3.00. The number of benzene rings is 1. The summed E-state index contributed by atoms with van der Waals surface area (Å²) in [5, 5.41) is 2.95. The zero-order chi connectivity index (χ0) is 19.2. The van der Waals surface area contributed by atoms with Gasteiger partial charge in [0.25, 0.3) is 0 Å². The summed E-state index contributed by atoms with van der Waals surface area (Å²) in [6, 6.07) is 3.54. The number of aryl methyl sites for hydroxylation is 1. The van der Waals surface area contributed by atoms with E-state index >= 15 is 0 Å². The van der Waals surface area contributed by atoms with Crippen molar-refractivity contribution in [3.8, 4) is 11.5 Å². The first-order valence-electron chi connectivity index (χ1n) is 8.00. The fourth-order valence-electron chi connectivity index (χ4n) is 3.10. The molecule has 1 aliphatic heterocycles. The highest BCUT2D eigenvalue weighted by molar-refractivity contribution is 6.05. The van der Waals surface area contributed by atoms with Crippen molar-refractivity contribution in [3.05, 3.63) is 40.7 Å². The number of nitrogens with one attached hydrogen (secondary N) is 2. The van der Waals surface area contributed by atoms with Gasteiger partial charge in [-0.2, -0.15) is 0 Å². The molecule has 0 amide bonds. The highest BCUT2D eigenvalue weighted by Gasteiger charge is 2.43. The number of alkyl halides is 2. The molecule has 138 valence electrons. The molecule has 2 aromatic rings. The van der Waals surface area contributed by atoms with Crippen molar-refractivity contribution in [2.75, 3.05) is 5.32 Å². The van der Waals surface area contributed by atoms with Gasteiger partial charge < -0.3 is 19.8 Å². The van der Waals surface area contributed by atoms with Crippen molar-refractivity contribution >= 4 is 17.3 Å². The molecule has 2 N–H and O–H groups in total. The number of ether oxygens (including phenoxy) is 2. The Balaban J connectivity index is 1.79. The Morgan fingerprint density at radius 1 is 1.19 bits per heavy atom. The summed E-state index contributed by atoms with van der Waals surface area (Å²) in [5.41, 5.74) is 2.51. The molecular formula is C18H18F2N2O4. The minimum absolute atomic E-state index is 0.0681. The van der Waals surface area contributed by atoms with Crippen LogP contribution in [0.4, 0.5) is 14.5 Å². The number of aromatic amines is 1. The summed E-state index contributed by atoms with van der Waals surface area (Å²) >= 11 is 0. The third-order valence-corrected chi connectivity index (χ3v) is 4.21. The van der Waals surface area contributed by atoms with E-state index in [0.717, 1.165) is 0 Å². The first kappa shape index (κ1) is 17.9. The number of fused-ring (bicyclic) bond motifs is 1. The van der Waals surface area contributed by atoms with Crippen molar-refractivity contribution in [2.45, 2.75) is 40.0 Å². The molecule has 0 bridgehead atoms. The predicted molar refractivity (Wildman–Crippen MR) is 90.3 cm³/mol. The Bertz CT molecular complexity index is 905. The van der Waals surface area contributed by atoms with Gasteiger partial charge in [0, 0.05) is 23.0 Å². The largest absolute Gasteiger partial charge is 0.586 e. The summed E-state index contributed by atoms with van der Waals surface area (Å²) in [6.07, 6.45) is -3.69. The van der Waals surface area contributed by atoms with E-state index in [-0.39, 0.29) is 23.1 Å². The van der Waals surface area contributed by atoms with E-state index in [9.17, 15) is 18.4 Å². The van der Waals surface area contributed by atoms with Crippen LogP contribution in [0.15, 0.2) is 18.2 Å². The van der Waals surface area contributed by atoms with Gasteiger partial charge in [-0.3, -0.25) is 9.59 Å². The maximum absolute atomic E-state index is 13.1. The molecular weight excluding hydrogens is 346 g/mol. The molecule has 0 fully saturated rings. The zero-order valence-electron chi connectivity index (χ0n) is 14.7. The van der Waals surface area contributed by atoms with Crippen molar-refractivity contribution in [2.24, 2.45) is 0 Å². The molecule has 0 unspecified atom stereocenters. The fourth-order valence-corrected chi connectivity index (χ4v) is 3.10. The summed E-state index contributed by atoms with van der Waals surface area (Å²) in [6.45, 7) is 6.53. The summed E-state index contributed by atoms with van der Waals surface area (Å²) in [4.78, 5) is 27.4. The Morgan fingerprint density at radius 2 is 1.85 bits per heavy atom. The topological polar surface area (TPSA) is 80.4 Å². The lowest BCUT2D eigenvalue weighted by Crippen LogP contribution is -2.27. The second-order valence-corrected chi connectivity index (χ2v) is 6.24. The second kappa shape index (κ2) is 6.12. The third-order valence-electron chi connectivity index (χ3n) is 4.21. The number of halogens is 2. The Labute approximate surface area is 148 Å². The average molecular weight is 364 g/mol. The van der Waals surface area contributed by atoms with E-state index in [0.29, 0.717) is 28.2 Å². The van der Waals surface area contributed by atoms with E-state index < -0.39 is 12.3 Å². The molecule has 2 heterocycles. The summed E-state index contributed by atoms with van der Waals surface area (Å²) in [7, 11) is 0. The lowest BCUT2D eigenvalue weighted by atomic mass is 10.0. The van der Waals surface area contributed by atoms with Crippen LogP contribution in [-0.4, -0.2) is 28.9 Å². The van der Waals surface area contributed by atoms with Gasteiger partial charge in [-0.25, -0.2) is 0 Å². The molecule has 1 aromatic carbocycles. The van der Waals surface area contributed by atoms with Crippen LogP contribution >= 0.6 is 0 Å². The number of rotatable bonds is 5. The highest BCUT2D eigenvalue weighted by Crippen LogP contribution is 2.42. The Hall–Kier alpha value is -2.90. The van der Waals surface area contributed by atoms with Crippen LogP contribution in [0.3, 0.4) is 0 Å². The number of ketones is 2. The quantitative estimate of drug-likeness (QED) is 0.788. The van der Waals surface area contributed by atoms with Crippen LogP contribution in [0, 0.1) is 13.8 Å². The monoisotopic (exact) mass is 364 g/mol. The number of Topliss-reactive ketones (excluding diaryl/α,β-unsaturated/α-hetero) is 2. The van der Waals surface area contributed by atoms with E-state index in [1.54, 1.807) is 20.8 Å². The molecule has 26 heavy (non-hydrogen) atoms. The van der Waals surface area contributed by atoms with Crippen LogP contribution in [0.1, 0.15) is 46.0 Å². The molecule has 6 nitrogen and oxygen atoms in total. The Morgan fingerprint density at radius 3 is 2.46 bits per heavy atom. The maximum atomic E-state index is 13.1. The number of anilines is 1. The molecule has 0 saturated heterocycles. The van der Waals surface area contributed by atoms with Gasteiger partial charge in [0.2, 0.25) is 5.78 Å². The second-order valence-electron chi connectivity index (χ2n) is 6.24. The van der Waals surface area contributed by atoms with E-state index in [2.05, 4.69) is 19.8 Å². The normalized spacial score (nSPS) is 15.6. The van der Waals surface area contributed by atoms with Crippen LogP contribution in [0.5, 0.6) is 11.5 Å². The molecule has 0 aliphatic carbocycles. The van der Waals surface area contributed by atoms with Gasteiger partial charge in [0.05, 0.1) is 11.7 Å². The van der Waals surface area contributed by atoms with Crippen molar-refractivity contribution in [3.63, 3.8) is 0 Å². The van der Waals surface area contributed by atoms with Crippen molar-refractivity contribution < 1.29 is 27.8 Å². The number of carbonyl (C=O) groups is 2. The van der Waals surface area contributed by atoms with E-state index in [1.807, 2.05) is 0 Å². The highest BCUT2D eigenvalue weighted by atomic mass is 19.3. The minimum atomic E-state index is -3.69. The first-order chi connectivity index (χ1) is 12.1. The van der Waals surface area contributed by atoms with Gasteiger partial charge in [0.15, 0.2) is 17.3 Å². The van der Waals surface area contributed by atoms with Crippen LogP contribution in [0.2, 0.25) is 0 Å². The summed E-state index contributed by atoms with van der Waals surface area (Å²) in [5.74, 6) is -0.541. The maximum Gasteiger partial charge on any atom is 0.586 e. The SMILES string of the molecule is CC(=O)c1c(C)[nH]c(C(=O)[C@@H](C)Nc2ccc3c(c2)OC(F)(F)O3)c1C.